The molecule has 2 aliphatic heterocycles. The maximum atomic E-state index is 15.1. The molecule has 196 valence electrons. The molecular formula is C25H23F7O4. The molecule has 0 bridgehead atoms. The summed E-state index contributed by atoms with van der Waals surface area (Å²) in [4.78, 5) is 0. The van der Waals surface area contributed by atoms with Gasteiger partial charge in [-0.15, -0.1) is 0 Å². The highest BCUT2D eigenvalue weighted by Crippen LogP contribution is 2.51. The Bertz CT molecular complexity index is 1180. The summed E-state index contributed by atoms with van der Waals surface area (Å²) in [5.41, 5.74) is -2.06. The van der Waals surface area contributed by atoms with E-state index < -0.39 is 65.5 Å². The predicted octanol–water partition coefficient (Wildman–Crippen LogP) is 7.03. The minimum Gasteiger partial charge on any atom is -0.496 e. The van der Waals surface area contributed by atoms with Crippen LogP contribution in [0.1, 0.15) is 43.4 Å². The molecule has 2 aromatic carbocycles. The molecular weight excluding hydrogens is 497 g/mol. The topological polar surface area (TPSA) is 36.9 Å². The van der Waals surface area contributed by atoms with E-state index in [4.69, 9.17) is 18.9 Å². The van der Waals surface area contributed by atoms with Crippen LogP contribution < -0.4 is 9.47 Å². The quantitative estimate of drug-likeness (QED) is 0.299. The first-order valence-corrected chi connectivity index (χ1v) is 11.3. The summed E-state index contributed by atoms with van der Waals surface area (Å²) in [6, 6.07) is 3.08. The molecule has 0 aromatic heterocycles. The van der Waals surface area contributed by atoms with Crippen LogP contribution in [-0.2, 0) is 21.8 Å². The van der Waals surface area contributed by atoms with E-state index in [9.17, 15) is 22.0 Å². The van der Waals surface area contributed by atoms with Crippen LogP contribution in [0.2, 0.25) is 0 Å². The van der Waals surface area contributed by atoms with Crippen molar-refractivity contribution in [2.75, 3.05) is 19.8 Å². The molecule has 0 aliphatic carbocycles. The number of alkyl halides is 4. The molecule has 0 amide bonds. The molecule has 0 radical (unpaired) electrons. The molecule has 0 spiro atoms. The fourth-order valence-electron chi connectivity index (χ4n) is 4.06. The highest BCUT2D eigenvalue weighted by molar-refractivity contribution is 5.55. The molecule has 2 aromatic rings. The lowest BCUT2D eigenvalue weighted by atomic mass is 9.91. The largest absolute Gasteiger partial charge is 0.496 e. The first-order chi connectivity index (χ1) is 17.0. The van der Waals surface area contributed by atoms with Gasteiger partial charge in [-0.1, -0.05) is 13.0 Å². The standard InChI is InChI=1S/C25H23F7O4/c1-3-9-34-17-7-5-13-10-14-11-16(19(26)21(28)23(14)36-22(13)20(17)27)24(29,30)25(31,32)18-8-6-15(12-35-18)33-4-2/h5-7,11,18H,3-4,8-10,12H2,1-2H3. The summed E-state index contributed by atoms with van der Waals surface area (Å²) in [5, 5.41) is 0. The number of hydrogen-bond acceptors (Lipinski definition) is 4. The van der Waals surface area contributed by atoms with Crippen LogP contribution in [0.4, 0.5) is 30.7 Å². The van der Waals surface area contributed by atoms with Crippen molar-refractivity contribution in [3.05, 3.63) is 64.2 Å². The maximum Gasteiger partial charge on any atom is 0.340 e. The number of ether oxygens (including phenoxy) is 4. The second kappa shape index (κ2) is 9.84. The van der Waals surface area contributed by atoms with E-state index in [-0.39, 0.29) is 42.3 Å². The fraction of sp³-hybridized carbons (Fsp3) is 0.440. The van der Waals surface area contributed by atoms with Gasteiger partial charge in [0, 0.05) is 24.0 Å². The minimum absolute atomic E-state index is 0.125. The molecule has 0 N–H and O–H groups in total. The molecule has 2 heterocycles. The van der Waals surface area contributed by atoms with E-state index in [1.165, 1.54) is 18.2 Å². The van der Waals surface area contributed by atoms with Gasteiger partial charge in [0.1, 0.15) is 18.5 Å². The van der Waals surface area contributed by atoms with E-state index in [1.54, 1.807) is 13.8 Å². The van der Waals surface area contributed by atoms with E-state index in [0.29, 0.717) is 12.5 Å². The zero-order valence-electron chi connectivity index (χ0n) is 19.4. The van der Waals surface area contributed by atoms with Gasteiger partial charge in [-0.3, -0.25) is 0 Å². The van der Waals surface area contributed by atoms with Gasteiger partial charge in [-0.2, -0.15) is 26.3 Å². The molecule has 0 fully saturated rings. The van der Waals surface area contributed by atoms with Gasteiger partial charge in [0.25, 0.3) is 0 Å². The third-order valence-corrected chi connectivity index (χ3v) is 5.91. The van der Waals surface area contributed by atoms with Gasteiger partial charge in [-0.25, -0.2) is 4.39 Å². The van der Waals surface area contributed by atoms with E-state index in [0.717, 1.165) is 0 Å². The van der Waals surface area contributed by atoms with Gasteiger partial charge >= 0.3 is 11.8 Å². The van der Waals surface area contributed by atoms with Gasteiger partial charge in [0.05, 0.1) is 18.8 Å². The Labute approximate surface area is 202 Å². The Balaban J connectivity index is 1.68. The zero-order valence-corrected chi connectivity index (χ0v) is 19.4. The lowest BCUT2D eigenvalue weighted by molar-refractivity contribution is -0.271. The molecule has 0 saturated heterocycles. The molecule has 1 atom stereocenters. The monoisotopic (exact) mass is 520 g/mol. The third kappa shape index (κ3) is 4.38. The first-order valence-electron chi connectivity index (χ1n) is 11.3. The normalized spacial score (nSPS) is 17.6. The van der Waals surface area contributed by atoms with Crippen LogP contribution in [0.3, 0.4) is 0 Å². The smallest absolute Gasteiger partial charge is 0.340 e. The van der Waals surface area contributed by atoms with Crippen molar-refractivity contribution in [3.63, 3.8) is 0 Å². The number of fused-ring (bicyclic) bond motifs is 2. The Hall–Kier alpha value is -2.95. The first kappa shape index (κ1) is 26.1. The predicted molar refractivity (Wildman–Crippen MR) is 114 cm³/mol. The van der Waals surface area contributed by atoms with E-state index in [1.807, 2.05) is 0 Å². The zero-order chi connectivity index (χ0) is 26.3. The lowest BCUT2D eigenvalue weighted by Gasteiger charge is -2.35. The van der Waals surface area contributed by atoms with E-state index >= 15 is 8.78 Å². The molecule has 4 nitrogen and oxygen atoms in total. The number of rotatable bonds is 8. The van der Waals surface area contributed by atoms with Crippen LogP contribution in [0.5, 0.6) is 17.2 Å². The second-order valence-electron chi connectivity index (χ2n) is 8.37. The lowest BCUT2D eigenvalue weighted by Crippen LogP contribution is -2.50. The SMILES string of the molecule is CCCOc1ccc2c(c1F)Oc1c(cc(C(F)(F)C(F)(F)C3CC=C(OCC)CO3)c(F)c1F)C2. The number of hydrogen-bond donors (Lipinski definition) is 0. The maximum absolute atomic E-state index is 15.1. The fourth-order valence-corrected chi connectivity index (χ4v) is 4.06. The van der Waals surface area contributed by atoms with Gasteiger partial charge in [-0.05, 0) is 31.6 Å². The minimum atomic E-state index is -5.14. The van der Waals surface area contributed by atoms with Crippen LogP contribution in [0.15, 0.2) is 30.0 Å². The van der Waals surface area contributed by atoms with Crippen LogP contribution in [0, 0.1) is 17.5 Å². The Morgan fingerprint density at radius 2 is 1.67 bits per heavy atom. The summed E-state index contributed by atoms with van der Waals surface area (Å²) in [6.07, 6.45) is -1.50. The van der Waals surface area contributed by atoms with Crippen LogP contribution in [-0.4, -0.2) is 31.8 Å². The summed E-state index contributed by atoms with van der Waals surface area (Å²) in [5.74, 6) is -16.4. The highest BCUT2D eigenvalue weighted by atomic mass is 19.3. The van der Waals surface area contributed by atoms with Gasteiger partial charge < -0.3 is 18.9 Å². The molecule has 2 aliphatic rings. The molecule has 1 unspecified atom stereocenters. The average Bonchev–Trinajstić information content (AvgIpc) is 2.85. The third-order valence-electron chi connectivity index (χ3n) is 5.91. The second-order valence-corrected chi connectivity index (χ2v) is 8.37. The molecule has 36 heavy (non-hydrogen) atoms. The van der Waals surface area contributed by atoms with Crippen molar-refractivity contribution in [2.45, 2.75) is 51.1 Å². The van der Waals surface area contributed by atoms with Crippen molar-refractivity contribution < 1.29 is 49.7 Å². The summed E-state index contributed by atoms with van der Waals surface area (Å²) in [6.45, 7) is 3.40. The van der Waals surface area contributed by atoms with Crippen LogP contribution >= 0.6 is 0 Å². The summed E-state index contributed by atoms with van der Waals surface area (Å²) < 4.78 is 125. The summed E-state index contributed by atoms with van der Waals surface area (Å²) >= 11 is 0. The van der Waals surface area contributed by atoms with Crippen molar-refractivity contribution in [3.8, 4) is 17.2 Å². The Morgan fingerprint density at radius 1 is 0.944 bits per heavy atom. The molecule has 0 saturated carbocycles. The van der Waals surface area contributed by atoms with Crippen molar-refractivity contribution in [1.29, 1.82) is 0 Å². The number of halogens is 7. The van der Waals surface area contributed by atoms with Gasteiger partial charge in [0.15, 0.2) is 23.1 Å². The Morgan fingerprint density at radius 3 is 2.31 bits per heavy atom. The van der Waals surface area contributed by atoms with Crippen molar-refractivity contribution in [2.24, 2.45) is 0 Å². The van der Waals surface area contributed by atoms with Crippen LogP contribution in [0.25, 0.3) is 0 Å². The molecule has 11 heteroatoms. The Kier molecular flexibility index (Phi) is 7.14. The summed E-state index contributed by atoms with van der Waals surface area (Å²) in [7, 11) is 0. The van der Waals surface area contributed by atoms with Gasteiger partial charge in [0.2, 0.25) is 11.6 Å². The van der Waals surface area contributed by atoms with Crippen molar-refractivity contribution >= 4 is 0 Å². The van der Waals surface area contributed by atoms with Crippen molar-refractivity contribution in [1.82, 2.24) is 0 Å². The highest BCUT2D eigenvalue weighted by Gasteiger charge is 2.64. The molecule has 4 rings (SSSR count). The average molecular weight is 520 g/mol. The number of benzene rings is 2. The van der Waals surface area contributed by atoms with E-state index in [2.05, 4.69) is 0 Å².